The van der Waals surface area contributed by atoms with E-state index in [-0.39, 0.29) is 18.0 Å². The Balaban J connectivity index is 3.39. The first kappa shape index (κ1) is 27.4. The Bertz CT molecular complexity index is 771. The molecule has 0 saturated heterocycles. The summed E-state index contributed by atoms with van der Waals surface area (Å²) in [4.78, 5) is 40.5. The molecule has 32 heavy (non-hydrogen) atoms. The number of hydrogen-bond donors (Lipinski definition) is 3. The maximum Gasteiger partial charge on any atom is 0.408 e. The minimum atomic E-state index is -1.25. The molecule has 8 nitrogen and oxygen atoms in total. The molecule has 3 N–H and O–H groups in total. The van der Waals surface area contributed by atoms with Gasteiger partial charge in [0.2, 0.25) is 11.8 Å². The number of nitrogens with zero attached hydrogens (tertiary/aromatic N) is 1. The van der Waals surface area contributed by atoms with Crippen molar-refractivity contribution in [2.75, 3.05) is 6.61 Å². The number of carbonyl (C=O) groups excluding carboxylic acids is 3. The fourth-order valence-corrected chi connectivity index (χ4v) is 3.16. The average molecular weight is 450 g/mol. The molecule has 1 aromatic carbocycles. The highest BCUT2D eigenvalue weighted by molar-refractivity contribution is 5.92. The van der Waals surface area contributed by atoms with Crippen LogP contribution in [0.2, 0.25) is 0 Å². The number of aliphatic hydroxyl groups is 1. The highest BCUT2D eigenvalue weighted by Crippen LogP contribution is 2.26. The monoisotopic (exact) mass is 449 g/mol. The molecule has 0 aliphatic heterocycles. The Morgan fingerprint density at radius 2 is 1.62 bits per heavy atom. The van der Waals surface area contributed by atoms with Gasteiger partial charge in [-0.05, 0) is 60.5 Å². The van der Waals surface area contributed by atoms with Gasteiger partial charge in [0.25, 0.3) is 0 Å². The molecule has 0 heterocycles. The summed E-state index contributed by atoms with van der Waals surface area (Å²) in [6, 6.07) is 4.77. The Morgan fingerprint density at radius 1 is 1.06 bits per heavy atom. The second-order valence-electron chi connectivity index (χ2n) is 9.36. The van der Waals surface area contributed by atoms with Crippen molar-refractivity contribution in [2.24, 2.45) is 0 Å². The first-order valence-electron chi connectivity index (χ1n) is 11.1. The molecule has 0 bridgehead atoms. The van der Waals surface area contributed by atoms with Crippen LogP contribution in [-0.4, -0.2) is 58.2 Å². The van der Waals surface area contributed by atoms with Crippen molar-refractivity contribution in [2.45, 2.75) is 91.6 Å². The van der Waals surface area contributed by atoms with Crippen molar-refractivity contribution in [1.82, 2.24) is 15.5 Å². The van der Waals surface area contributed by atoms with Crippen LogP contribution in [0.4, 0.5) is 4.79 Å². The summed E-state index contributed by atoms with van der Waals surface area (Å²) < 4.78 is 5.23. The number of ether oxygens (including phenoxy) is 1. The molecule has 0 spiro atoms. The smallest absolute Gasteiger partial charge is 0.408 e. The highest BCUT2D eigenvalue weighted by Gasteiger charge is 2.38. The SMILES string of the molecule is CCC(C)N(C(=O)C(CO)NC(=O)OC(C)(C)C)C(C(=O)NC(C)C)c1ccc(C)cc1. The Morgan fingerprint density at radius 3 is 2.06 bits per heavy atom. The van der Waals surface area contributed by atoms with Crippen LogP contribution < -0.4 is 10.6 Å². The number of benzene rings is 1. The minimum absolute atomic E-state index is 0.127. The van der Waals surface area contributed by atoms with Crippen molar-refractivity contribution >= 4 is 17.9 Å². The Kier molecular flexibility index (Phi) is 10.2. The molecule has 0 fully saturated rings. The van der Waals surface area contributed by atoms with Gasteiger partial charge in [-0.25, -0.2) is 4.79 Å². The zero-order valence-corrected chi connectivity index (χ0v) is 20.6. The van der Waals surface area contributed by atoms with E-state index < -0.39 is 36.3 Å². The number of alkyl carbamates (subject to hydrolysis) is 1. The van der Waals surface area contributed by atoms with E-state index in [1.54, 1.807) is 20.8 Å². The number of amides is 3. The predicted molar refractivity (Wildman–Crippen MR) is 124 cm³/mol. The number of aryl methyl sites for hydroxylation is 1. The molecular formula is C24H39N3O5. The van der Waals surface area contributed by atoms with E-state index in [1.165, 1.54) is 4.90 Å². The zero-order valence-electron chi connectivity index (χ0n) is 20.6. The molecule has 1 rings (SSSR count). The van der Waals surface area contributed by atoms with Gasteiger partial charge in [0.05, 0.1) is 6.61 Å². The lowest BCUT2D eigenvalue weighted by Crippen LogP contribution is -2.57. The van der Waals surface area contributed by atoms with Gasteiger partial charge < -0.3 is 25.4 Å². The van der Waals surface area contributed by atoms with Gasteiger partial charge in [-0.15, -0.1) is 0 Å². The molecule has 0 radical (unpaired) electrons. The van der Waals surface area contributed by atoms with Gasteiger partial charge in [0.15, 0.2) is 0 Å². The summed E-state index contributed by atoms with van der Waals surface area (Å²) in [6.07, 6.45) is -0.235. The van der Waals surface area contributed by atoms with Gasteiger partial charge in [-0.3, -0.25) is 9.59 Å². The van der Waals surface area contributed by atoms with Crippen LogP contribution in [-0.2, 0) is 14.3 Å². The lowest BCUT2D eigenvalue weighted by Gasteiger charge is -2.38. The summed E-state index contributed by atoms with van der Waals surface area (Å²) in [7, 11) is 0. The van der Waals surface area contributed by atoms with Crippen LogP contribution >= 0.6 is 0 Å². The van der Waals surface area contributed by atoms with E-state index in [4.69, 9.17) is 4.74 Å². The van der Waals surface area contributed by atoms with Crippen LogP contribution in [0.3, 0.4) is 0 Å². The van der Waals surface area contributed by atoms with Gasteiger partial charge in [0, 0.05) is 12.1 Å². The second-order valence-corrected chi connectivity index (χ2v) is 9.36. The molecule has 0 aliphatic carbocycles. The summed E-state index contributed by atoms with van der Waals surface area (Å²) >= 11 is 0. The summed E-state index contributed by atoms with van der Waals surface area (Å²) in [5.74, 6) is -0.886. The van der Waals surface area contributed by atoms with E-state index in [2.05, 4.69) is 10.6 Å². The first-order chi connectivity index (χ1) is 14.8. The summed E-state index contributed by atoms with van der Waals surface area (Å²) in [5.41, 5.74) is 0.917. The van der Waals surface area contributed by atoms with E-state index in [9.17, 15) is 19.5 Å². The first-order valence-corrected chi connectivity index (χ1v) is 11.1. The molecule has 0 aromatic heterocycles. The lowest BCUT2D eigenvalue weighted by atomic mass is 9.99. The third-order valence-corrected chi connectivity index (χ3v) is 4.84. The standard InChI is InChI=1S/C24H39N3O5/c1-9-17(5)27(22(30)19(14-28)26-23(31)32-24(6,7)8)20(21(29)25-15(2)3)18-12-10-16(4)11-13-18/h10-13,15,17,19-20,28H,9,14H2,1-8H3,(H,25,29)(H,26,31). The molecule has 8 heteroatoms. The fraction of sp³-hybridized carbons (Fsp3) is 0.625. The van der Waals surface area contributed by atoms with Crippen LogP contribution in [0, 0.1) is 6.92 Å². The van der Waals surface area contributed by atoms with E-state index in [1.807, 2.05) is 58.9 Å². The average Bonchev–Trinajstić information content (AvgIpc) is 2.68. The van der Waals surface area contributed by atoms with Crippen molar-refractivity contribution in [3.63, 3.8) is 0 Å². The molecule has 3 amide bonds. The van der Waals surface area contributed by atoms with Crippen molar-refractivity contribution in [1.29, 1.82) is 0 Å². The van der Waals surface area contributed by atoms with Gasteiger partial charge in [-0.1, -0.05) is 36.8 Å². The van der Waals surface area contributed by atoms with E-state index >= 15 is 0 Å². The van der Waals surface area contributed by atoms with Gasteiger partial charge in [0.1, 0.15) is 17.7 Å². The quantitative estimate of drug-likeness (QED) is 0.537. The minimum Gasteiger partial charge on any atom is -0.444 e. The van der Waals surface area contributed by atoms with Gasteiger partial charge >= 0.3 is 6.09 Å². The molecule has 3 atom stereocenters. The lowest BCUT2D eigenvalue weighted by molar-refractivity contribution is -0.146. The zero-order chi connectivity index (χ0) is 24.6. The molecule has 1 aromatic rings. The Hall–Kier alpha value is -2.61. The molecule has 3 unspecified atom stereocenters. The highest BCUT2D eigenvalue weighted by atomic mass is 16.6. The van der Waals surface area contributed by atoms with Crippen molar-refractivity contribution < 1.29 is 24.2 Å². The topological polar surface area (TPSA) is 108 Å². The van der Waals surface area contributed by atoms with E-state index in [0.717, 1.165) is 5.56 Å². The maximum atomic E-state index is 13.6. The predicted octanol–water partition coefficient (Wildman–Crippen LogP) is 3.07. The molecule has 180 valence electrons. The summed E-state index contributed by atoms with van der Waals surface area (Å²) in [6.45, 7) is 13.9. The van der Waals surface area contributed by atoms with E-state index in [0.29, 0.717) is 12.0 Å². The molecule has 0 aliphatic rings. The molecule has 0 saturated carbocycles. The van der Waals surface area contributed by atoms with Crippen LogP contribution in [0.15, 0.2) is 24.3 Å². The maximum absolute atomic E-state index is 13.6. The van der Waals surface area contributed by atoms with Crippen LogP contribution in [0.25, 0.3) is 0 Å². The fourth-order valence-electron chi connectivity index (χ4n) is 3.16. The third kappa shape index (κ3) is 8.15. The number of hydrogen-bond acceptors (Lipinski definition) is 5. The van der Waals surface area contributed by atoms with Crippen LogP contribution in [0.5, 0.6) is 0 Å². The van der Waals surface area contributed by atoms with Crippen molar-refractivity contribution in [3.8, 4) is 0 Å². The summed E-state index contributed by atoms with van der Waals surface area (Å²) in [5, 5.41) is 15.2. The third-order valence-electron chi connectivity index (χ3n) is 4.84. The number of carbonyl (C=O) groups is 3. The van der Waals surface area contributed by atoms with Crippen molar-refractivity contribution in [3.05, 3.63) is 35.4 Å². The number of aliphatic hydroxyl groups excluding tert-OH is 1. The number of rotatable bonds is 9. The molecular weight excluding hydrogens is 410 g/mol. The van der Waals surface area contributed by atoms with Crippen LogP contribution in [0.1, 0.15) is 72.1 Å². The largest absolute Gasteiger partial charge is 0.444 e. The number of nitrogens with one attached hydrogen (secondary N) is 2. The normalized spacial score (nSPS) is 14.3. The second kappa shape index (κ2) is 11.9. The Labute approximate surface area is 191 Å². The van der Waals surface area contributed by atoms with Gasteiger partial charge in [-0.2, -0.15) is 0 Å².